The molecule has 6 rings (SSSR count). The van der Waals surface area contributed by atoms with Gasteiger partial charge in [0.2, 0.25) is 10.0 Å². The molecular formula is C33H40F3N5O4S. The van der Waals surface area contributed by atoms with Crippen molar-refractivity contribution >= 4 is 32.3 Å². The SMILES string of the molecule is COc1cc(S(N)(=O)=O)ccc1NCC#Cc1cc2c(NC3CCC(N4CC5(CCOCC5)C4)CC3)cccc2n1CC(F)(F)F. The van der Waals surface area contributed by atoms with E-state index in [1.807, 2.05) is 6.07 Å². The van der Waals surface area contributed by atoms with Gasteiger partial charge < -0.3 is 24.7 Å². The van der Waals surface area contributed by atoms with Crippen LogP contribution in [0.25, 0.3) is 10.9 Å². The topological polar surface area (TPSA) is 111 Å². The number of nitrogens with zero attached hydrogens (tertiary/aromatic N) is 2. The number of fused-ring (bicyclic) bond motifs is 1. The molecule has 3 fully saturated rings. The van der Waals surface area contributed by atoms with Crippen LogP contribution in [0.1, 0.15) is 44.2 Å². The molecule has 1 aliphatic carbocycles. The van der Waals surface area contributed by atoms with Crippen molar-refractivity contribution in [3.63, 3.8) is 0 Å². The fraction of sp³-hybridized carbons (Fsp3) is 0.515. The summed E-state index contributed by atoms with van der Waals surface area (Å²) >= 11 is 0. The van der Waals surface area contributed by atoms with Crippen LogP contribution in [0.5, 0.6) is 5.75 Å². The van der Waals surface area contributed by atoms with Crippen molar-refractivity contribution < 1.29 is 31.1 Å². The van der Waals surface area contributed by atoms with Crippen molar-refractivity contribution in [2.75, 3.05) is 50.6 Å². The van der Waals surface area contributed by atoms with Gasteiger partial charge in [-0.05, 0) is 74.8 Å². The average molecular weight is 660 g/mol. The van der Waals surface area contributed by atoms with Crippen LogP contribution in [0.15, 0.2) is 47.4 Å². The van der Waals surface area contributed by atoms with E-state index in [1.54, 1.807) is 18.2 Å². The number of primary sulfonamides is 1. The summed E-state index contributed by atoms with van der Waals surface area (Å²) in [4.78, 5) is 2.53. The van der Waals surface area contributed by atoms with Crippen molar-refractivity contribution in [1.29, 1.82) is 0 Å². The van der Waals surface area contributed by atoms with Gasteiger partial charge in [-0.15, -0.1) is 0 Å². The third kappa shape index (κ3) is 7.25. The fourth-order valence-electron chi connectivity index (χ4n) is 7.13. The number of sulfonamides is 1. The highest BCUT2D eigenvalue weighted by Crippen LogP contribution is 2.43. The summed E-state index contributed by atoms with van der Waals surface area (Å²) in [6.45, 7) is 3.01. The Labute approximate surface area is 267 Å². The molecule has 248 valence electrons. The van der Waals surface area contributed by atoms with E-state index >= 15 is 0 Å². The van der Waals surface area contributed by atoms with Gasteiger partial charge in [0.15, 0.2) is 0 Å². The molecule has 0 unspecified atom stereocenters. The van der Waals surface area contributed by atoms with E-state index in [2.05, 4.69) is 27.4 Å². The van der Waals surface area contributed by atoms with Crippen LogP contribution in [-0.4, -0.2) is 76.1 Å². The van der Waals surface area contributed by atoms with Crippen LogP contribution in [0.2, 0.25) is 0 Å². The lowest BCUT2D eigenvalue weighted by atomic mass is 9.71. The lowest BCUT2D eigenvalue weighted by Crippen LogP contribution is -2.62. The first-order chi connectivity index (χ1) is 21.9. The molecule has 13 heteroatoms. The number of benzene rings is 2. The monoisotopic (exact) mass is 659 g/mol. The zero-order valence-corrected chi connectivity index (χ0v) is 26.6. The molecule has 2 aromatic carbocycles. The number of hydrogen-bond acceptors (Lipinski definition) is 7. The van der Waals surface area contributed by atoms with Gasteiger partial charge in [-0.1, -0.05) is 12.0 Å². The summed E-state index contributed by atoms with van der Waals surface area (Å²) in [5.74, 6) is 6.06. The molecule has 0 amide bonds. The molecule has 0 atom stereocenters. The molecule has 3 aromatic rings. The minimum absolute atomic E-state index is 0.0822. The molecule has 1 aromatic heterocycles. The van der Waals surface area contributed by atoms with Gasteiger partial charge in [-0.3, -0.25) is 4.90 Å². The number of ether oxygens (including phenoxy) is 2. The molecule has 2 saturated heterocycles. The summed E-state index contributed by atoms with van der Waals surface area (Å²) in [7, 11) is -2.52. The second-order valence-electron chi connectivity index (χ2n) is 12.7. The first-order valence-electron chi connectivity index (χ1n) is 15.6. The standard InChI is InChI=1S/C33H40F3N5O4S/c1-44-31-19-26(46(37,42)43)11-12-29(31)38-15-3-4-25-18-27-28(5-2-6-30(27)41(25)22-33(34,35)36)39-23-7-9-24(10-8-23)40-20-32(21-40)13-16-45-17-14-32/h2,5-6,11-12,18-19,23-24,38-39H,7-10,13-17,20-22H2,1H3,(H2,37,42,43). The van der Waals surface area contributed by atoms with Crippen molar-refractivity contribution in [3.8, 4) is 17.6 Å². The van der Waals surface area contributed by atoms with Gasteiger partial charge in [0.1, 0.15) is 12.3 Å². The van der Waals surface area contributed by atoms with Crippen LogP contribution >= 0.6 is 0 Å². The van der Waals surface area contributed by atoms with Gasteiger partial charge in [-0.25, -0.2) is 13.6 Å². The highest BCUT2D eigenvalue weighted by Gasteiger charge is 2.46. The minimum atomic E-state index is -4.43. The van der Waals surface area contributed by atoms with E-state index in [-0.39, 0.29) is 28.9 Å². The first kappa shape index (κ1) is 32.5. The Kier molecular flexibility index (Phi) is 9.17. The number of alkyl halides is 3. The number of anilines is 2. The number of halogens is 3. The third-order valence-electron chi connectivity index (χ3n) is 9.57. The van der Waals surface area contributed by atoms with E-state index in [9.17, 15) is 21.6 Å². The van der Waals surface area contributed by atoms with Crippen LogP contribution in [-0.2, 0) is 21.3 Å². The molecule has 0 bridgehead atoms. The number of aromatic nitrogens is 1. The Morgan fingerprint density at radius 3 is 2.48 bits per heavy atom. The van der Waals surface area contributed by atoms with Gasteiger partial charge in [0.25, 0.3) is 0 Å². The Balaban J connectivity index is 1.14. The molecule has 3 aliphatic rings. The summed E-state index contributed by atoms with van der Waals surface area (Å²) in [5, 5.41) is 12.6. The van der Waals surface area contributed by atoms with Gasteiger partial charge in [-0.2, -0.15) is 13.2 Å². The number of hydrogen-bond donors (Lipinski definition) is 3. The Morgan fingerprint density at radius 2 is 1.80 bits per heavy atom. The summed E-state index contributed by atoms with van der Waals surface area (Å²) < 4.78 is 76.4. The average Bonchev–Trinajstić information content (AvgIpc) is 3.35. The molecule has 2 aliphatic heterocycles. The maximum absolute atomic E-state index is 13.7. The predicted molar refractivity (Wildman–Crippen MR) is 171 cm³/mol. The smallest absolute Gasteiger partial charge is 0.406 e. The van der Waals surface area contributed by atoms with Crippen molar-refractivity contribution in [1.82, 2.24) is 9.47 Å². The molecule has 1 spiro atoms. The summed E-state index contributed by atoms with van der Waals surface area (Å²) in [6, 6.07) is 12.1. The van der Waals surface area contributed by atoms with E-state index in [4.69, 9.17) is 14.6 Å². The zero-order chi connectivity index (χ0) is 32.5. The first-order valence-corrected chi connectivity index (χ1v) is 17.2. The van der Waals surface area contributed by atoms with Crippen molar-refractivity contribution in [3.05, 3.63) is 48.2 Å². The maximum atomic E-state index is 13.7. The quantitative estimate of drug-likeness (QED) is 0.287. The number of likely N-dealkylation sites (tertiary alicyclic amines) is 1. The fourth-order valence-corrected chi connectivity index (χ4v) is 7.66. The van der Waals surface area contributed by atoms with Crippen LogP contribution in [0.4, 0.5) is 24.5 Å². The van der Waals surface area contributed by atoms with Crippen LogP contribution in [0, 0.1) is 17.3 Å². The van der Waals surface area contributed by atoms with Gasteiger partial charge in [0.05, 0.1) is 35.4 Å². The van der Waals surface area contributed by atoms with E-state index in [0.717, 1.165) is 57.4 Å². The Morgan fingerprint density at radius 1 is 1.07 bits per heavy atom. The Bertz CT molecular complexity index is 1730. The minimum Gasteiger partial charge on any atom is -0.495 e. The normalized spacial score (nSPS) is 21.8. The molecule has 3 heterocycles. The summed E-state index contributed by atoms with van der Waals surface area (Å²) in [6.07, 6.45) is 2.12. The second kappa shape index (κ2) is 13.0. The molecule has 1 saturated carbocycles. The molecule has 46 heavy (non-hydrogen) atoms. The third-order valence-corrected chi connectivity index (χ3v) is 10.5. The van der Waals surface area contributed by atoms with E-state index < -0.39 is 22.7 Å². The van der Waals surface area contributed by atoms with E-state index in [1.165, 1.54) is 43.0 Å². The number of nitrogens with two attached hydrogens (primary N) is 1. The molecule has 4 N–H and O–H groups in total. The second-order valence-corrected chi connectivity index (χ2v) is 14.3. The highest BCUT2D eigenvalue weighted by molar-refractivity contribution is 7.89. The molecule has 9 nitrogen and oxygen atoms in total. The van der Waals surface area contributed by atoms with Gasteiger partial charge in [0, 0.05) is 60.9 Å². The number of rotatable bonds is 8. The number of nitrogens with one attached hydrogen (secondary N) is 2. The van der Waals surface area contributed by atoms with E-state index in [0.29, 0.717) is 28.0 Å². The highest BCUT2D eigenvalue weighted by atomic mass is 32.2. The molecule has 0 radical (unpaired) electrons. The number of methoxy groups -OCH3 is 1. The largest absolute Gasteiger partial charge is 0.495 e. The zero-order valence-electron chi connectivity index (χ0n) is 25.8. The van der Waals surface area contributed by atoms with Crippen molar-refractivity contribution in [2.24, 2.45) is 10.6 Å². The lowest BCUT2D eigenvalue weighted by Gasteiger charge is -2.56. The van der Waals surface area contributed by atoms with Crippen LogP contribution in [0.3, 0.4) is 0 Å². The lowest BCUT2D eigenvalue weighted by molar-refractivity contribution is -0.140. The predicted octanol–water partition coefficient (Wildman–Crippen LogP) is 5.16. The maximum Gasteiger partial charge on any atom is 0.406 e. The Hall–Kier alpha value is -3.44. The van der Waals surface area contributed by atoms with Crippen LogP contribution < -0.4 is 20.5 Å². The summed E-state index contributed by atoms with van der Waals surface area (Å²) in [5.41, 5.74) is 2.46. The molecular weight excluding hydrogens is 619 g/mol. The van der Waals surface area contributed by atoms with Crippen molar-refractivity contribution in [2.45, 2.75) is 68.2 Å². The van der Waals surface area contributed by atoms with Gasteiger partial charge >= 0.3 is 6.18 Å².